The Labute approximate surface area is 96.5 Å². The highest BCUT2D eigenvalue weighted by molar-refractivity contribution is 5.76. The number of piperazine rings is 1. The van der Waals surface area contributed by atoms with Gasteiger partial charge in [-0.25, -0.2) is 0 Å². The molecule has 3 heteroatoms. The molecule has 1 amide bonds. The number of amides is 1. The van der Waals surface area contributed by atoms with E-state index in [0.717, 1.165) is 19.6 Å². The summed E-state index contributed by atoms with van der Waals surface area (Å²) < 4.78 is 0. The maximum absolute atomic E-state index is 11.8. The molecule has 86 valence electrons. The van der Waals surface area contributed by atoms with Crippen LogP contribution < -0.4 is 5.32 Å². The van der Waals surface area contributed by atoms with Crippen LogP contribution in [-0.4, -0.2) is 30.4 Å². The van der Waals surface area contributed by atoms with E-state index in [0.29, 0.717) is 6.42 Å². The van der Waals surface area contributed by atoms with Gasteiger partial charge in [0.25, 0.3) is 0 Å². The van der Waals surface area contributed by atoms with Crippen molar-refractivity contribution in [2.24, 2.45) is 0 Å². The first-order valence-electron chi connectivity index (χ1n) is 5.88. The molecule has 1 aliphatic heterocycles. The zero-order chi connectivity index (χ0) is 11.4. The smallest absolute Gasteiger partial charge is 0.222 e. The number of carbonyl (C=O) groups is 1. The summed E-state index contributed by atoms with van der Waals surface area (Å²) in [6.45, 7) is 4.49. The average Bonchev–Trinajstić information content (AvgIpc) is 2.39. The molecule has 1 atom stereocenters. The number of carbonyl (C=O) groups excluding carboxylic acids is 1. The molecule has 0 aliphatic carbocycles. The van der Waals surface area contributed by atoms with Gasteiger partial charge in [-0.3, -0.25) is 4.79 Å². The summed E-state index contributed by atoms with van der Waals surface area (Å²) in [6, 6.07) is 10.4. The quantitative estimate of drug-likeness (QED) is 0.817. The second kappa shape index (κ2) is 5.12. The highest BCUT2D eigenvalue weighted by Gasteiger charge is 2.26. The third-order valence-electron chi connectivity index (χ3n) is 3.05. The third kappa shape index (κ3) is 2.25. The van der Waals surface area contributed by atoms with E-state index < -0.39 is 0 Å². The van der Waals surface area contributed by atoms with E-state index in [2.05, 4.69) is 17.4 Å². The van der Waals surface area contributed by atoms with Crippen molar-refractivity contribution >= 4 is 5.91 Å². The van der Waals surface area contributed by atoms with Crippen LogP contribution in [0.2, 0.25) is 0 Å². The highest BCUT2D eigenvalue weighted by Crippen LogP contribution is 2.22. The summed E-state index contributed by atoms with van der Waals surface area (Å²) in [5, 5.41) is 3.35. The Morgan fingerprint density at radius 2 is 2.19 bits per heavy atom. The van der Waals surface area contributed by atoms with E-state index in [9.17, 15) is 4.79 Å². The molecule has 1 aromatic rings. The van der Waals surface area contributed by atoms with E-state index in [1.807, 2.05) is 30.0 Å². The normalized spacial score (nSPS) is 20.8. The Bertz CT molecular complexity index is 350. The van der Waals surface area contributed by atoms with Crippen molar-refractivity contribution in [3.8, 4) is 0 Å². The Balaban J connectivity index is 2.20. The van der Waals surface area contributed by atoms with Gasteiger partial charge in [0.1, 0.15) is 0 Å². The standard InChI is InChI=1S/C13H18N2O/c1-2-13(16)15-9-8-14-10-12(15)11-6-4-3-5-7-11/h3-7,12,14H,2,8-10H2,1H3/t12-/m0/s1. The lowest BCUT2D eigenvalue weighted by molar-refractivity contribution is -0.134. The SMILES string of the molecule is CCC(=O)N1CCNC[C@H]1c1ccccc1. The Kier molecular flexibility index (Phi) is 3.57. The van der Waals surface area contributed by atoms with Gasteiger partial charge in [-0.2, -0.15) is 0 Å². The molecule has 1 saturated heterocycles. The Hall–Kier alpha value is -1.35. The summed E-state index contributed by atoms with van der Waals surface area (Å²) >= 11 is 0. The van der Waals surface area contributed by atoms with Gasteiger partial charge in [-0.15, -0.1) is 0 Å². The van der Waals surface area contributed by atoms with Crippen molar-refractivity contribution in [2.75, 3.05) is 19.6 Å². The molecule has 0 radical (unpaired) electrons. The topological polar surface area (TPSA) is 32.3 Å². The summed E-state index contributed by atoms with van der Waals surface area (Å²) in [7, 11) is 0. The number of nitrogens with one attached hydrogen (secondary N) is 1. The van der Waals surface area contributed by atoms with E-state index in [1.54, 1.807) is 0 Å². The van der Waals surface area contributed by atoms with Gasteiger partial charge >= 0.3 is 0 Å². The first kappa shape index (κ1) is 11.1. The van der Waals surface area contributed by atoms with Crippen molar-refractivity contribution in [1.29, 1.82) is 0 Å². The zero-order valence-electron chi connectivity index (χ0n) is 9.65. The predicted molar refractivity (Wildman–Crippen MR) is 64.1 cm³/mol. The molecule has 3 nitrogen and oxygen atoms in total. The van der Waals surface area contributed by atoms with Gasteiger partial charge in [0, 0.05) is 26.1 Å². The lowest BCUT2D eigenvalue weighted by Crippen LogP contribution is -2.48. The summed E-state index contributed by atoms with van der Waals surface area (Å²) in [5.74, 6) is 0.246. The van der Waals surface area contributed by atoms with E-state index in [-0.39, 0.29) is 11.9 Å². The number of hydrogen-bond acceptors (Lipinski definition) is 2. The summed E-state index contributed by atoms with van der Waals surface area (Å²) in [5.41, 5.74) is 1.22. The van der Waals surface area contributed by atoms with Crippen LogP contribution >= 0.6 is 0 Å². The predicted octanol–water partition coefficient (Wildman–Crippen LogP) is 1.57. The number of nitrogens with zero attached hydrogens (tertiary/aromatic N) is 1. The monoisotopic (exact) mass is 218 g/mol. The number of rotatable bonds is 2. The molecule has 1 fully saturated rings. The van der Waals surface area contributed by atoms with Crippen LogP contribution in [0.15, 0.2) is 30.3 Å². The molecule has 1 N–H and O–H groups in total. The molecule has 0 unspecified atom stereocenters. The van der Waals surface area contributed by atoms with E-state index in [4.69, 9.17) is 0 Å². The molecule has 0 aromatic heterocycles. The van der Waals surface area contributed by atoms with Crippen molar-refractivity contribution in [3.63, 3.8) is 0 Å². The van der Waals surface area contributed by atoms with Gasteiger partial charge < -0.3 is 10.2 Å². The minimum absolute atomic E-state index is 0.197. The fraction of sp³-hybridized carbons (Fsp3) is 0.462. The van der Waals surface area contributed by atoms with E-state index >= 15 is 0 Å². The fourth-order valence-corrected chi connectivity index (χ4v) is 2.18. The Morgan fingerprint density at radius 1 is 1.44 bits per heavy atom. The molecular weight excluding hydrogens is 200 g/mol. The van der Waals surface area contributed by atoms with Crippen LogP contribution in [0.3, 0.4) is 0 Å². The second-order valence-electron chi connectivity index (χ2n) is 4.07. The molecular formula is C13H18N2O. The highest BCUT2D eigenvalue weighted by atomic mass is 16.2. The first-order valence-corrected chi connectivity index (χ1v) is 5.88. The van der Waals surface area contributed by atoms with Crippen molar-refractivity contribution in [2.45, 2.75) is 19.4 Å². The first-order chi connectivity index (χ1) is 7.83. The average molecular weight is 218 g/mol. The molecule has 2 rings (SSSR count). The molecule has 0 saturated carbocycles. The largest absolute Gasteiger partial charge is 0.333 e. The maximum atomic E-state index is 11.8. The third-order valence-corrected chi connectivity index (χ3v) is 3.05. The maximum Gasteiger partial charge on any atom is 0.222 e. The van der Waals surface area contributed by atoms with Crippen molar-refractivity contribution in [1.82, 2.24) is 10.2 Å². The number of hydrogen-bond donors (Lipinski definition) is 1. The van der Waals surface area contributed by atoms with Crippen molar-refractivity contribution in [3.05, 3.63) is 35.9 Å². The summed E-state index contributed by atoms with van der Waals surface area (Å²) in [4.78, 5) is 13.8. The molecule has 16 heavy (non-hydrogen) atoms. The van der Waals surface area contributed by atoms with Crippen LogP contribution in [0.25, 0.3) is 0 Å². The second-order valence-corrected chi connectivity index (χ2v) is 4.07. The van der Waals surface area contributed by atoms with Crippen LogP contribution in [0.1, 0.15) is 24.9 Å². The Morgan fingerprint density at radius 3 is 2.88 bits per heavy atom. The van der Waals surface area contributed by atoms with Gasteiger partial charge in [-0.1, -0.05) is 37.3 Å². The lowest BCUT2D eigenvalue weighted by atomic mass is 10.0. The van der Waals surface area contributed by atoms with Crippen LogP contribution in [0, 0.1) is 0 Å². The zero-order valence-corrected chi connectivity index (χ0v) is 9.65. The van der Waals surface area contributed by atoms with Crippen LogP contribution in [0.5, 0.6) is 0 Å². The summed E-state index contributed by atoms with van der Waals surface area (Å²) in [6.07, 6.45) is 0.587. The van der Waals surface area contributed by atoms with E-state index in [1.165, 1.54) is 5.56 Å². The van der Waals surface area contributed by atoms with Gasteiger partial charge in [-0.05, 0) is 5.56 Å². The van der Waals surface area contributed by atoms with Gasteiger partial charge in [0.15, 0.2) is 0 Å². The molecule has 0 spiro atoms. The number of benzene rings is 1. The lowest BCUT2D eigenvalue weighted by Gasteiger charge is -2.36. The van der Waals surface area contributed by atoms with Gasteiger partial charge in [0.2, 0.25) is 5.91 Å². The van der Waals surface area contributed by atoms with Crippen molar-refractivity contribution < 1.29 is 4.79 Å². The minimum Gasteiger partial charge on any atom is -0.333 e. The molecule has 1 heterocycles. The van der Waals surface area contributed by atoms with Gasteiger partial charge in [0.05, 0.1) is 6.04 Å². The molecule has 1 aliphatic rings. The van der Waals surface area contributed by atoms with Crippen LogP contribution in [-0.2, 0) is 4.79 Å². The molecule has 1 aromatic carbocycles. The molecule has 0 bridgehead atoms. The fourth-order valence-electron chi connectivity index (χ4n) is 2.18. The minimum atomic E-state index is 0.197. The van der Waals surface area contributed by atoms with Crippen LogP contribution in [0.4, 0.5) is 0 Å².